The van der Waals surface area contributed by atoms with Crippen molar-refractivity contribution in [3.63, 3.8) is 0 Å². The van der Waals surface area contributed by atoms with E-state index in [1.165, 1.54) is 0 Å². The standard InChI is InChI=1S/C12H10Cl2N2/c1-8-2-3-9(6-11(8)13)16-10-4-5-15-12(14)7-10/h2-7H,1H3,(H,15,16). The van der Waals surface area contributed by atoms with Gasteiger partial charge in [-0.15, -0.1) is 0 Å². The minimum absolute atomic E-state index is 0.461. The number of rotatable bonds is 2. The monoisotopic (exact) mass is 252 g/mol. The average molecular weight is 253 g/mol. The molecule has 0 unspecified atom stereocenters. The number of anilines is 2. The van der Waals surface area contributed by atoms with Crippen LogP contribution in [-0.4, -0.2) is 4.98 Å². The molecule has 0 atom stereocenters. The van der Waals surface area contributed by atoms with E-state index in [2.05, 4.69) is 10.3 Å². The minimum atomic E-state index is 0.461. The Morgan fingerprint density at radius 1 is 1.06 bits per heavy atom. The van der Waals surface area contributed by atoms with E-state index >= 15 is 0 Å². The molecule has 82 valence electrons. The molecule has 4 heteroatoms. The van der Waals surface area contributed by atoms with Gasteiger partial charge in [-0.1, -0.05) is 29.3 Å². The number of hydrogen-bond acceptors (Lipinski definition) is 2. The molecule has 0 saturated carbocycles. The second kappa shape index (κ2) is 4.73. The summed E-state index contributed by atoms with van der Waals surface area (Å²) < 4.78 is 0. The van der Waals surface area contributed by atoms with Crippen molar-refractivity contribution in [2.24, 2.45) is 0 Å². The number of nitrogens with one attached hydrogen (secondary N) is 1. The Hall–Kier alpha value is -1.25. The number of pyridine rings is 1. The van der Waals surface area contributed by atoms with Crippen LogP contribution >= 0.6 is 23.2 Å². The van der Waals surface area contributed by atoms with Crippen LogP contribution in [0.1, 0.15) is 5.56 Å². The second-order valence-electron chi connectivity index (χ2n) is 3.46. The van der Waals surface area contributed by atoms with Crippen LogP contribution < -0.4 is 5.32 Å². The number of aromatic nitrogens is 1. The molecule has 0 saturated heterocycles. The maximum Gasteiger partial charge on any atom is 0.131 e. The van der Waals surface area contributed by atoms with Gasteiger partial charge in [-0.05, 0) is 36.8 Å². The summed E-state index contributed by atoms with van der Waals surface area (Å²) in [5.41, 5.74) is 2.87. The molecule has 0 amide bonds. The molecule has 0 aliphatic carbocycles. The maximum absolute atomic E-state index is 6.03. The van der Waals surface area contributed by atoms with Crippen molar-refractivity contribution >= 4 is 34.6 Å². The summed E-state index contributed by atoms with van der Waals surface area (Å²) >= 11 is 11.8. The molecule has 0 aliphatic heterocycles. The van der Waals surface area contributed by atoms with E-state index in [0.29, 0.717) is 5.15 Å². The van der Waals surface area contributed by atoms with Gasteiger partial charge < -0.3 is 5.32 Å². The number of halogens is 2. The molecular weight excluding hydrogens is 243 g/mol. The van der Waals surface area contributed by atoms with Gasteiger partial charge in [0.25, 0.3) is 0 Å². The number of aryl methyl sites for hydroxylation is 1. The van der Waals surface area contributed by atoms with E-state index in [0.717, 1.165) is 22.0 Å². The van der Waals surface area contributed by atoms with Crippen LogP contribution in [0.5, 0.6) is 0 Å². The summed E-state index contributed by atoms with van der Waals surface area (Å²) in [5, 5.41) is 4.41. The van der Waals surface area contributed by atoms with E-state index in [4.69, 9.17) is 23.2 Å². The average Bonchev–Trinajstić information content (AvgIpc) is 2.24. The van der Waals surface area contributed by atoms with Gasteiger partial charge in [0.05, 0.1) is 0 Å². The van der Waals surface area contributed by atoms with Gasteiger partial charge >= 0.3 is 0 Å². The third kappa shape index (κ3) is 2.65. The molecule has 0 spiro atoms. The Balaban J connectivity index is 2.24. The maximum atomic E-state index is 6.03. The third-order valence-electron chi connectivity index (χ3n) is 2.19. The summed E-state index contributed by atoms with van der Waals surface area (Å²) in [6, 6.07) is 9.42. The lowest BCUT2D eigenvalue weighted by Gasteiger charge is -2.07. The molecule has 0 bridgehead atoms. The Morgan fingerprint density at radius 3 is 2.50 bits per heavy atom. The highest BCUT2D eigenvalue weighted by atomic mass is 35.5. The summed E-state index contributed by atoms with van der Waals surface area (Å²) in [6.45, 7) is 1.97. The minimum Gasteiger partial charge on any atom is -0.355 e. The van der Waals surface area contributed by atoms with Gasteiger partial charge in [0.2, 0.25) is 0 Å². The molecule has 2 aromatic rings. The smallest absolute Gasteiger partial charge is 0.131 e. The molecular formula is C12H10Cl2N2. The molecule has 1 aromatic heterocycles. The van der Waals surface area contributed by atoms with Gasteiger partial charge in [0.15, 0.2) is 0 Å². The van der Waals surface area contributed by atoms with Gasteiger partial charge in [-0.25, -0.2) is 4.98 Å². The van der Waals surface area contributed by atoms with E-state index in [1.54, 1.807) is 12.3 Å². The molecule has 0 aliphatic rings. The van der Waals surface area contributed by atoms with Crippen LogP contribution in [0.4, 0.5) is 11.4 Å². The van der Waals surface area contributed by atoms with Gasteiger partial charge in [0, 0.05) is 22.6 Å². The summed E-state index contributed by atoms with van der Waals surface area (Å²) in [6.07, 6.45) is 1.65. The second-order valence-corrected chi connectivity index (χ2v) is 4.25. The van der Waals surface area contributed by atoms with E-state index in [-0.39, 0.29) is 0 Å². The summed E-state index contributed by atoms with van der Waals surface area (Å²) in [5.74, 6) is 0. The molecule has 1 aromatic carbocycles. The van der Waals surface area contributed by atoms with Crippen LogP contribution in [0.15, 0.2) is 36.5 Å². The molecule has 1 heterocycles. The Bertz CT molecular complexity index is 512. The molecule has 1 N–H and O–H groups in total. The predicted molar refractivity (Wildman–Crippen MR) is 68.7 cm³/mol. The van der Waals surface area contributed by atoms with Gasteiger partial charge in [0.1, 0.15) is 5.15 Å². The topological polar surface area (TPSA) is 24.9 Å². The Labute approximate surface area is 104 Å². The lowest BCUT2D eigenvalue weighted by molar-refractivity contribution is 1.32. The number of hydrogen-bond donors (Lipinski definition) is 1. The van der Waals surface area contributed by atoms with Crippen molar-refractivity contribution < 1.29 is 0 Å². The SMILES string of the molecule is Cc1ccc(Nc2ccnc(Cl)c2)cc1Cl. The van der Waals surface area contributed by atoms with Crippen LogP contribution in [-0.2, 0) is 0 Å². The molecule has 2 nitrogen and oxygen atoms in total. The third-order valence-corrected chi connectivity index (χ3v) is 2.80. The fourth-order valence-electron chi connectivity index (χ4n) is 1.32. The van der Waals surface area contributed by atoms with Crippen molar-refractivity contribution in [3.05, 3.63) is 52.3 Å². The lowest BCUT2D eigenvalue weighted by Crippen LogP contribution is -1.91. The number of benzene rings is 1. The van der Waals surface area contributed by atoms with E-state index in [9.17, 15) is 0 Å². The zero-order chi connectivity index (χ0) is 11.5. The molecule has 2 rings (SSSR count). The Kier molecular flexibility index (Phi) is 3.32. The Morgan fingerprint density at radius 2 is 1.81 bits per heavy atom. The molecule has 16 heavy (non-hydrogen) atoms. The molecule has 0 radical (unpaired) electrons. The zero-order valence-corrected chi connectivity index (χ0v) is 10.2. The first-order valence-corrected chi connectivity index (χ1v) is 5.55. The largest absolute Gasteiger partial charge is 0.355 e. The van der Waals surface area contributed by atoms with Crippen molar-refractivity contribution in [1.82, 2.24) is 4.98 Å². The summed E-state index contributed by atoms with van der Waals surface area (Å²) in [4.78, 5) is 3.91. The quantitative estimate of drug-likeness (QED) is 0.800. The fraction of sp³-hybridized carbons (Fsp3) is 0.0833. The first kappa shape index (κ1) is 11.2. The zero-order valence-electron chi connectivity index (χ0n) is 8.67. The van der Waals surface area contributed by atoms with E-state index < -0.39 is 0 Å². The first-order chi connectivity index (χ1) is 7.65. The highest BCUT2D eigenvalue weighted by Gasteiger charge is 1.99. The van der Waals surface area contributed by atoms with Crippen LogP contribution in [0.25, 0.3) is 0 Å². The highest BCUT2D eigenvalue weighted by molar-refractivity contribution is 6.31. The highest BCUT2D eigenvalue weighted by Crippen LogP contribution is 2.23. The van der Waals surface area contributed by atoms with Crippen molar-refractivity contribution in [3.8, 4) is 0 Å². The summed E-state index contributed by atoms with van der Waals surface area (Å²) in [7, 11) is 0. The van der Waals surface area contributed by atoms with Crippen molar-refractivity contribution in [1.29, 1.82) is 0 Å². The van der Waals surface area contributed by atoms with Gasteiger partial charge in [-0.3, -0.25) is 0 Å². The normalized spacial score (nSPS) is 10.2. The van der Waals surface area contributed by atoms with E-state index in [1.807, 2.05) is 31.2 Å². The fourth-order valence-corrected chi connectivity index (χ4v) is 1.67. The van der Waals surface area contributed by atoms with Crippen molar-refractivity contribution in [2.75, 3.05) is 5.32 Å². The van der Waals surface area contributed by atoms with Crippen LogP contribution in [0.2, 0.25) is 10.2 Å². The van der Waals surface area contributed by atoms with Crippen LogP contribution in [0.3, 0.4) is 0 Å². The predicted octanol–water partition coefficient (Wildman–Crippen LogP) is 4.44. The van der Waals surface area contributed by atoms with Crippen LogP contribution in [0, 0.1) is 6.92 Å². The van der Waals surface area contributed by atoms with Gasteiger partial charge in [-0.2, -0.15) is 0 Å². The van der Waals surface area contributed by atoms with Crippen molar-refractivity contribution in [2.45, 2.75) is 6.92 Å². The lowest BCUT2D eigenvalue weighted by atomic mass is 10.2. The molecule has 0 fully saturated rings. The number of nitrogens with zero attached hydrogens (tertiary/aromatic N) is 1. The first-order valence-electron chi connectivity index (χ1n) is 4.80.